The summed E-state index contributed by atoms with van der Waals surface area (Å²) < 4.78 is 10.5. The number of hydrogen-bond acceptors (Lipinski definition) is 4. The maximum Gasteiger partial charge on any atom is 0.140 e. The number of nitrogens with zero attached hydrogens (tertiary/aromatic N) is 2. The van der Waals surface area contributed by atoms with Gasteiger partial charge >= 0.3 is 0 Å². The summed E-state index contributed by atoms with van der Waals surface area (Å²) in [6, 6.07) is 3.90. The van der Waals surface area contributed by atoms with Crippen molar-refractivity contribution >= 4 is 0 Å². The molecule has 1 heterocycles. The van der Waals surface area contributed by atoms with Crippen molar-refractivity contribution in [2.75, 3.05) is 20.3 Å². The average Bonchev–Trinajstić information content (AvgIpc) is 2.24. The van der Waals surface area contributed by atoms with Crippen molar-refractivity contribution in [3.8, 4) is 11.8 Å². The fourth-order valence-electron chi connectivity index (χ4n) is 1.43. The predicted octanol–water partition coefficient (Wildman–Crippen LogP) is 1.99. The minimum atomic E-state index is 0.517. The monoisotopic (exact) mass is 220 g/mol. The minimum Gasteiger partial charge on any atom is -0.492 e. The third kappa shape index (κ3) is 3.21. The number of nitriles is 1. The molecule has 0 atom stereocenters. The Morgan fingerprint density at radius 2 is 2.12 bits per heavy atom. The van der Waals surface area contributed by atoms with E-state index in [4.69, 9.17) is 14.7 Å². The smallest absolute Gasteiger partial charge is 0.140 e. The van der Waals surface area contributed by atoms with E-state index in [1.807, 2.05) is 13.8 Å². The summed E-state index contributed by atoms with van der Waals surface area (Å²) in [5, 5.41) is 9.00. The summed E-state index contributed by atoms with van der Waals surface area (Å²) in [7, 11) is 1.65. The highest BCUT2D eigenvalue weighted by atomic mass is 16.5. The SMILES string of the molecule is COCCCOc1cc(C)nc(C)c1C#N. The summed E-state index contributed by atoms with van der Waals surface area (Å²) in [5.41, 5.74) is 2.09. The minimum absolute atomic E-state index is 0.517. The molecule has 0 N–H and O–H groups in total. The van der Waals surface area contributed by atoms with Crippen LogP contribution < -0.4 is 4.74 Å². The second kappa shape index (κ2) is 6.09. The van der Waals surface area contributed by atoms with Crippen LogP contribution in [0, 0.1) is 25.2 Å². The number of aromatic nitrogens is 1. The Labute approximate surface area is 95.8 Å². The molecule has 0 aliphatic carbocycles. The average molecular weight is 220 g/mol. The van der Waals surface area contributed by atoms with Crippen LogP contribution in [-0.2, 0) is 4.74 Å². The van der Waals surface area contributed by atoms with Gasteiger partial charge in [-0.15, -0.1) is 0 Å². The molecule has 16 heavy (non-hydrogen) atoms. The van der Waals surface area contributed by atoms with Crippen LogP contribution in [0.3, 0.4) is 0 Å². The van der Waals surface area contributed by atoms with Gasteiger partial charge in [-0.2, -0.15) is 5.26 Å². The highest BCUT2D eigenvalue weighted by Gasteiger charge is 2.08. The standard InChI is InChI=1S/C12H16N2O2/c1-9-7-12(16-6-4-5-15-3)11(8-13)10(2)14-9/h7H,4-6H2,1-3H3. The first-order valence-corrected chi connectivity index (χ1v) is 5.19. The van der Waals surface area contributed by atoms with Crippen molar-refractivity contribution in [2.45, 2.75) is 20.3 Å². The van der Waals surface area contributed by atoms with Gasteiger partial charge in [0.1, 0.15) is 17.4 Å². The molecule has 0 fully saturated rings. The molecule has 0 amide bonds. The predicted molar refractivity (Wildman–Crippen MR) is 60.4 cm³/mol. The number of ether oxygens (including phenoxy) is 2. The zero-order valence-corrected chi connectivity index (χ0v) is 9.91. The first-order valence-electron chi connectivity index (χ1n) is 5.19. The van der Waals surface area contributed by atoms with Crippen molar-refractivity contribution in [3.63, 3.8) is 0 Å². The number of hydrogen-bond donors (Lipinski definition) is 0. The van der Waals surface area contributed by atoms with Crippen LogP contribution in [0.4, 0.5) is 0 Å². The third-order valence-corrected chi connectivity index (χ3v) is 2.15. The molecule has 0 spiro atoms. The highest BCUT2D eigenvalue weighted by Crippen LogP contribution is 2.21. The van der Waals surface area contributed by atoms with Gasteiger partial charge in [-0.25, -0.2) is 0 Å². The quantitative estimate of drug-likeness (QED) is 0.712. The van der Waals surface area contributed by atoms with Crippen molar-refractivity contribution < 1.29 is 9.47 Å². The molecule has 0 bridgehead atoms. The molecular formula is C12H16N2O2. The molecule has 0 unspecified atom stereocenters. The summed E-state index contributed by atoms with van der Waals surface area (Å²) in [6.07, 6.45) is 0.807. The maximum absolute atomic E-state index is 9.00. The normalized spacial score (nSPS) is 9.88. The van der Waals surface area contributed by atoms with Crippen LogP contribution in [-0.4, -0.2) is 25.3 Å². The van der Waals surface area contributed by atoms with Crippen molar-refractivity contribution in [2.24, 2.45) is 0 Å². The second-order valence-corrected chi connectivity index (χ2v) is 3.53. The van der Waals surface area contributed by atoms with Crippen molar-refractivity contribution in [1.82, 2.24) is 4.98 Å². The van der Waals surface area contributed by atoms with Crippen LogP contribution in [0.15, 0.2) is 6.07 Å². The largest absolute Gasteiger partial charge is 0.492 e. The summed E-state index contributed by atoms with van der Waals surface area (Å²) in [5.74, 6) is 0.614. The topological polar surface area (TPSA) is 55.1 Å². The van der Waals surface area contributed by atoms with Gasteiger partial charge in [0, 0.05) is 31.9 Å². The molecule has 0 aliphatic heterocycles. The van der Waals surface area contributed by atoms with Gasteiger partial charge in [0.2, 0.25) is 0 Å². The van der Waals surface area contributed by atoms with E-state index >= 15 is 0 Å². The van der Waals surface area contributed by atoms with Gasteiger partial charge in [0.15, 0.2) is 0 Å². The van der Waals surface area contributed by atoms with E-state index in [-0.39, 0.29) is 0 Å². The first kappa shape index (κ1) is 12.5. The van der Waals surface area contributed by atoms with Gasteiger partial charge in [-0.05, 0) is 13.8 Å². The van der Waals surface area contributed by atoms with Crippen molar-refractivity contribution in [1.29, 1.82) is 5.26 Å². The molecule has 86 valence electrons. The molecule has 0 saturated heterocycles. The Morgan fingerprint density at radius 3 is 2.75 bits per heavy atom. The molecule has 1 rings (SSSR count). The Hall–Kier alpha value is -1.60. The van der Waals surface area contributed by atoms with Crippen LogP contribution >= 0.6 is 0 Å². The first-order chi connectivity index (χ1) is 7.69. The molecule has 0 saturated carbocycles. The van der Waals surface area contributed by atoms with E-state index < -0.39 is 0 Å². The van der Waals surface area contributed by atoms with E-state index in [0.717, 1.165) is 12.1 Å². The van der Waals surface area contributed by atoms with Gasteiger partial charge in [0.25, 0.3) is 0 Å². The maximum atomic E-state index is 9.00. The molecule has 1 aromatic rings. The van der Waals surface area contributed by atoms with E-state index in [9.17, 15) is 0 Å². The van der Waals surface area contributed by atoms with E-state index in [1.54, 1.807) is 13.2 Å². The van der Waals surface area contributed by atoms with Crippen LogP contribution in [0.25, 0.3) is 0 Å². The fraction of sp³-hybridized carbons (Fsp3) is 0.500. The van der Waals surface area contributed by atoms with Gasteiger partial charge in [-0.3, -0.25) is 4.98 Å². The molecule has 0 aromatic carbocycles. The van der Waals surface area contributed by atoms with Crippen LogP contribution in [0.5, 0.6) is 5.75 Å². The summed E-state index contributed by atoms with van der Waals surface area (Å²) in [4.78, 5) is 4.22. The number of aryl methyl sites for hydroxylation is 2. The van der Waals surface area contributed by atoms with Gasteiger partial charge in [-0.1, -0.05) is 0 Å². The number of rotatable bonds is 5. The Bertz CT molecular complexity index is 397. The fourth-order valence-corrected chi connectivity index (χ4v) is 1.43. The third-order valence-electron chi connectivity index (χ3n) is 2.15. The summed E-state index contributed by atoms with van der Waals surface area (Å²) >= 11 is 0. The lowest BCUT2D eigenvalue weighted by Gasteiger charge is -2.09. The molecule has 0 aliphatic rings. The number of pyridine rings is 1. The highest BCUT2D eigenvalue weighted by molar-refractivity contribution is 5.46. The Morgan fingerprint density at radius 1 is 1.38 bits per heavy atom. The molecule has 4 nitrogen and oxygen atoms in total. The molecule has 1 aromatic heterocycles. The zero-order chi connectivity index (χ0) is 12.0. The molecular weight excluding hydrogens is 204 g/mol. The van der Waals surface area contributed by atoms with E-state index in [2.05, 4.69) is 11.1 Å². The molecule has 0 radical (unpaired) electrons. The Kier molecular flexibility index (Phi) is 4.74. The number of methoxy groups -OCH3 is 1. The summed E-state index contributed by atoms with van der Waals surface area (Å²) in [6.45, 7) is 4.90. The Balaban J connectivity index is 2.75. The second-order valence-electron chi connectivity index (χ2n) is 3.53. The molecule has 4 heteroatoms. The lowest BCUT2D eigenvalue weighted by atomic mass is 10.2. The lowest BCUT2D eigenvalue weighted by molar-refractivity contribution is 0.172. The lowest BCUT2D eigenvalue weighted by Crippen LogP contribution is -2.04. The van der Waals surface area contributed by atoms with Gasteiger partial charge < -0.3 is 9.47 Å². The van der Waals surface area contributed by atoms with Crippen LogP contribution in [0.1, 0.15) is 23.4 Å². The van der Waals surface area contributed by atoms with Crippen LogP contribution in [0.2, 0.25) is 0 Å². The van der Waals surface area contributed by atoms with Crippen molar-refractivity contribution in [3.05, 3.63) is 23.0 Å². The van der Waals surface area contributed by atoms with Gasteiger partial charge in [0.05, 0.1) is 12.3 Å². The van der Waals surface area contributed by atoms with E-state index in [0.29, 0.717) is 30.2 Å². The van der Waals surface area contributed by atoms with E-state index in [1.165, 1.54) is 0 Å². The zero-order valence-electron chi connectivity index (χ0n) is 9.91.